The molecule has 0 radical (unpaired) electrons. The highest BCUT2D eigenvalue weighted by molar-refractivity contribution is 7.89. The molecule has 5 heteroatoms. The van der Waals surface area contributed by atoms with Gasteiger partial charge in [-0.15, -0.1) is 11.3 Å². The molecule has 0 aliphatic heterocycles. The van der Waals surface area contributed by atoms with Crippen LogP contribution in [0.3, 0.4) is 0 Å². The van der Waals surface area contributed by atoms with Gasteiger partial charge in [0.25, 0.3) is 0 Å². The van der Waals surface area contributed by atoms with Gasteiger partial charge in [0.1, 0.15) is 0 Å². The fourth-order valence-electron chi connectivity index (χ4n) is 1.49. The number of benzene rings is 1. The molecule has 1 aromatic carbocycles. The maximum absolute atomic E-state index is 11.2. The molecule has 0 fully saturated rings. The lowest BCUT2D eigenvalue weighted by atomic mass is 10.2. The van der Waals surface area contributed by atoms with E-state index >= 15 is 0 Å². The third kappa shape index (κ3) is 2.30. The van der Waals surface area contributed by atoms with Crippen LogP contribution in [-0.2, 0) is 15.6 Å². The highest BCUT2D eigenvalue weighted by Gasteiger charge is 2.09. The Hall–Kier alpha value is -1.07. The monoisotopic (exact) mass is 241 g/mol. The number of rotatable bonds is 2. The Morgan fingerprint density at radius 1 is 1.40 bits per heavy atom. The third-order valence-corrected chi connectivity index (χ3v) is 3.93. The van der Waals surface area contributed by atoms with E-state index in [-0.39, 0.29) is 5.75 Å². The Balaban J connectivity index is 2.55. The van der Waals surface area contributed by atoms with Crippen molar-refractivity contribution in [3.8, 4) is 0 Å². The van der Waals surface area contributed by atoms with Crippen LogP contribution in [0, 0.1) is 0 Å². The number of nitrogen functional groups attached to an aromatic ring is 1. The lowest BCUT2D eigenvalue weighted by Gasteiger charge is -1.98. The van der Waals surface area contributed by atoms with Gasteiger partial charge in [-0.2, -0.15) is 0 Å². The van der Waals surface area contributed by atoms with Crippen molar-refractivity contribution in [2.75, 3.05) is 12.0 Å². The van der Waals surface area contributed by atoms with Gasteiger partial charge in [-0.1, -0.05) is 6.07 Å². The van der Waals surface area contributed by atoms with Gasteiger partial charge >= 0.3 is 0 Å². The molecule has 2 rings (SSSR count). The summed E-state index contributed by atoms with van der Waals surface area (Å²) in [6.07, 6.45) is 1.24. The van der Waals surface area contributed by atoms with Gasteiger partial charge < -0.3 is 5.73 Å². The molecular formula is C10H11NO2S2. The normalized spacial score (nSPS) is 12.1. The van der Waals surface area contributed by atoms with E-state index in [0.717, 1.165) is 15.6 Å². The van der Waals surface area contributed by atoms with Crippen molar-refractivity contribution in [2.24, 2.45) is 0 Å². The first-order valence-electron chi connectivity index (χ1n) is 4.39. The Kier molecular flexibility index (Phi) is 2.44. The van der Waals surface area contributed by atoms with Crippen molar-refractivity contribution in [1.29, 1.82) is 0 Å². The predicted molar refractivity (Wildman–Crippen MR) is 64.8 cm³/mol. The van der Waals surface area contributed by atoms with Crippen molar-refractivity contribution in [1.82, 2.24) is 0 Å². The molecule has 1 aromatic heterocycles. The SMILES string of the molecule is CS(=O)(=O)Cc1csc2cc(N)ccc12. The van der Waals surface area contributed by atoms with Crippen molar-refractivity contribution < 1.29 is 8.42 Å². The molecule has 3 nitrogen and oxygen atoms in total. The molecule has 1 heterocycles. The van der Waals surface area contributed by atoms with Crippen LogP contribution in [0.2, 0.25) is 0 Å². The van der Waals surface area contributed by atoms with Crippen LogP contribution in [0.5, 0.6) is 0 Å². The van der Waals surface area contributed by atoms with Crippen molar-refractivity contribution in [3.63, 3.8) is 0 Å². The van der Waals surface area contributed by atoms with E-state index < -0.39 is 9.84 Å². The van der Waals surface area contributed by atoms with Gasteiger partial charge in [0.05, 0.1) is 5.75 Å². The lowest BCUT2D eigenvalue weighted by Crippen LogP contribution is -1.99. The van der Waals surface area contributed by atoms with E-state index in [1.807, 2.05) is 17.5 Å². The standard InChI is InChI=1S/C10H11NO2S2/c1-15(12,13)6-7-5-14-10-4-8(11)2-3-9(7)10/h2-5H,6,11H2,1H3. The number of hydrogen-bond donors (Lipinski definition) is 1. The molecule has 0 unspecified atom stereocenters. The molecular weight excluding hydrogens is 230 g/mol. The summed E-state index contributed by atoms with van der Waals surface area (Å²) >= 11 is 1.52. The molecule has 80 valence electrons. The summed E-state index contributed by atoms with van der Waals surface area (Å²) in [5.41, 5.74) is 7.21. The molecule has 2 N–H and O–H groups in total. The van der Waals surface area contributed by atoms with E-state index in [4.69, 9.17) is 5.73 Å². The van der Waals surface area contributed by atoms with Crippen LogP contribution < -0.4 is 5.73 Å². The summed E-state index contributed by atoms with van der Waals surface area (Å²) in [4.78, 5) is 0. The molecule has 0 aliphatic rings. The maximum atomic E-state index is 11.2. The summed E-state index contributed by atoms with van der Waals surface area (Å²) < 4.78 is 23.4. The fourth-order valence-corrected chi connectivity index (χ4v) is 3.41. The summed E-state index contributed by atoms with van der Waals surface area (Å²) in [7, 11) is -2.97. The predicted octanol–water partition coefficient (Wildman–Crippen LogP) is 2.03. The van der Waals surface area contributed by atoms with Crippen molar-refractivity contribution >= 4 is 36.9 Å². The van der Waals surface area contributed by atoms with Crippen LogP contribution in [0.1, 0.15) is 5.56 Å². The zero-order chi connectivity index (χ0) is 11.1. The van der Waals surface area contributed by atoms with Crippen LogP contribution in [0.15, 0.2) is 23.6 Å². The first kappa shape index (κ1) is 10.4. The molecule has 0 spiro atoms. The lowest BCUT2D eigenvalue weighted by molar-refractivity contribution is 0.601. The van der Waals surface area contributed by atoms with E-state index in [2.05, 4.69) is 0 Å². The number of hydrogen-bond acceptors (Lipinski definition) is 4. The third-order valence-electron chi connectivity index (χ3n) is 2.10. The Labute approximate surface area is 92.4 Å². The fraction of sp³-hybridized carbons (Fsp3) is 0.200. The smallest absolute Gasteiger partial charge is 0.151 e. The van der Waals surface area contributed by atoms with Gasteiger partial charge in [0.2, 0.25) is 0 Å². The first-order chi connectivity index (χ1) is 6.96. The second-order valence-corrected chi connectivity index (χ2v) is 6.64. The average molecular weight is 241 g/mol. The second kappa shape index (κ2) is 3.50. The Morgan fingerprint density at radius 2 is 2.13 bits per heavy atom. The Bertz CT molecular complexity index is 599. The summed E-state index contributed by atoms with van der Waals surface area (Å²) in [6.45, 7) is 0. The molecule has 0 aliphatic carbocycles. The minimum absolute atomic E-state index is 0.0942. The summed E-state index contributed by atoms with van der Waals surface area (Å²) in [5.74, 6) is 0.0942. The van der Waals surface area contributed by atoms with E-state index in [1.165, 1.54) is 17.6 Å². The van der Waals surface area contributed by atoms with Crippen LogP contribution in [0.4, 0.5) is 5.69 Å². The minimum atomic E-state index is -2.97. The number of nitrogens with two attached hydrogens (primary N) is 1. The zero-order valence-corrected chi connectivity index (χ0v) is 9.86. The summed E-state index contributed by atoms with van der Waals surface area (Å²) in [5, 5.41) is 2.87. The van der Waals surface area contributed by atoms with Gasteiger partial charge in [0, 0.05) is 16.6 Å². The van der Waals surface area contributed by atoms with E-state index in [9.17, 15) is 8.42 Å². The molecule has 0 amide bonds. The molecule has 15 heavy (non-hydrogen) atoms. The Morgan fingerprint density at radius 3 is 2.80 bits per heavy atom. The summed E-state index contributed by atoms with van der Waals surface area (Å²) in [6, 6.07) is 5.54. The topological polar surface area (TPSA) is 60.2 Å². The zero-order valence-electron chi connectivity index (χ0n) is 8.23. The van der Waals surface area contributed by atoms with E-state index in [0.29, 0.717) is 5.69 Å². The number of anilines is 1. The largest absolute Gasteiger partial charge is 0.399 e. The van der Waals surface area contributed by atoms with Crippen LogP contribution in [0.25, 0.3) is 10.1 Å². The van der Waals surface area contributed by atoms with Crippen molar-refractivity contribution in [2.45, 2.75) is 5.75 Å². The molecule has 0 atom stereocenters. The molecule has 0 saturated carbocycles. The van der Waals surface area contributed by atoms with Gasteiger partial charge in [-0.05, 0) is 28.5 Å². The number of thiophene rings is 1. The highest BCUT2D eigenvalue weighted by Crippen LogP contribution is 2.28. The van der Waals surface area contributed by atoms with Gasteiger partial charge in [0.15, 0.2) is 9.84 Å². The number of sulfone groups is 1. The second-order valence-electron chi connectivity index (χ2n) is 3.59. The average Bonchev–Trinajstić information content (AvgIpc) is 2.45. The van der Waals surface area contributed by atoms with Gasteiger partial charge in [-0.3, -0.25) is 0 Å². The number of fused-ring (bicyclic) bond motifs is 1. The maximum Gasteiger partial charge on any atom is 0.151 e. The van der Waals surface area contributed by atoms with E-state index in [1.54, 1.807) is 6.07 Å². The molecule has 0 bridgehead atoms. The molecule has 0 saturated heterocycles. The quantitative estimate of drug-likeness (QED) is 0.818. The molecule has 2 aromatic rings. The minimum Gasteiger partial charge on any atom is -0.399 e. The highest BCUT2D eigenvalue weighted by atomic mass is 32.2. The van der Waals surface area contributed by atoms with Gasteiger partial charge in [-0.25, -0.2) is 8.42 Å². The van der Waals surface area contributed by atoms with Crippen LogP contribution >= 0.6 is 11.3 Å². The first-order valence-corrected chi connectivity index (χ1v) is 7.33. The van der Waals surface area contributed by atoms with Crippen LogP contribution in [-0.4, -0.2) is 14.7 Å². The van der Waals surface area contributed by atoms with Crippen molar-refractivity contribution in [3.05, 3.63) is 29.1 Å².